The first-order valence-electron chi connectivity index (χ1n) is 5.20. The summed E-state index contributed by atoms with van der Waals surface area (Å²) >= 11 is 5.68. The number of pyridine rings is 1. The molecule has 1 aliphatic heterocycles. The van der Waals surface area contributed by atoms with Crippen molar-refractivity contribution in [2.45, 2.75) is 19.4 Å². The molecule has 6 heteroatoms. The molecule has 0 bridgehead atoms. The van der Waals surface area contributed by atoms with Gasteiger partial charge in [0.05, 0.1) is 18.7 Å². The zero-order chi connectivity index (χ0) is 11.8. The molecule has 1 aromatic rings. The van der Waals surface area contributed by atoms with Crippen molar-refractivity contribution in [1.82, 2.24) is 4.98 Å². The molecule has 0 amide bonds. The molecule has 0 saturated carbocycles. The molecule has 4 nitrogen and oxygen atoms in total. The predicted molar refractivity (Wildman–Crippen MR) is 64.0 cm³/mol. The fraction of sp³-hybridized carbons (Fsp3) is 0.545. The second-order valence-corrected chi connectivity index (χ2v) is 3.76. The molecule has 0 unspecified atom stereocenters. The van der Waals surface area contributed by atoms with Gasteiger partial charge in [0.1, 0.15) is 0 Å². The molecule has 1 saturated heterocycles. The van der Waals surface area contributed by atoms with Gasteiger partial charge < -0.3 is 15.2 Å². The van der Waals surface area contributed by atoms with Crippen molar-refractivity contribution in [2.24, 2.45) is 0 Å². The normalized spacial score (nSPS) is 13.4. The summed E-state index contributed by atoms with van der Waals surface area (Å²) < 4.78 is 4.83. The number of methoxy groups -OCH3 is 1. The molecular weight excluding hydrogens is 411 g/mol. The summed E-state index contributed by atoms with van der Waals surface area (Å²) in [6, 6.07) is 1.60. The molecule has 1 fully saturated rings. The SMILES string of the molecule is C1CC[N-]C1.COc1cc(CO)c(Cl)cn1.[W]. The van der Waals surface area contributed by atoms with Crippen molar-refractivity contribution in [2.75, 3.05) is 20.2 Å². The van der Waals surface area contributed by atoms with Crippen LogP contribution in [-0.2, 0) is 27.7 Å². The minimum Gasteiger partial charge on any atom is -0.662 e. The number of hydrogen-bond acceptors (Lipinski definition) is 3. The van der Waals surface area contributed by atoms with Crippen LogP contribution in [0.5, 0.6) is 5.88 Å². The standard InChI is InChI=1S/C7H8ClNO2.C4H8N.W/c1-11-7-2-5(4-10)6(8)3-9-7;1-2-4-5-3-1;/h2-3,10H,4H2,1H3;1-4H2;/q;-1;. The third-order valence-corrected chi connectivity index (χ3v) is 2.51. The maximum Gasteiger partial charge on any atom is 0.213 e. The summed E-state index contributed by atoms with van der Waals surface area (Å²) in [7, 11) is 1.51. The number of ether oxygens (including phenoxy) is 1. The molecule has 0 radical (unpaired) electrons. The predicted octanol–water partition coefficient (Wildman–Crippen LogP) is 2.39. The van der Waals surface area contributed by atoms with E-state index in [1.54, 1.807) is 6.07 Å². The van der Waals surface area contributed by atoms with Crippen molar-refractivity contribution in [3.8, 4) is 5.88 Å². The first-order valence-corrected chi connectivity index (χ1v) is 5.58. The number of nitrogens with zero attached hydrogens (tertiary/aromatic N) is 2. The van der Waals surface area contributed by atoms with Crippen LogP contribution in [0.1, 0.15) is 18.4 Å². The molecule has 0 spiro atoms. The first-order chi connectivity index (χ1) is 7.77. The van der Waals surface area contributed by atoms with Gasteiger partial charge in [0.25, 0.3) is 0 Å². The number of hydrogen-bond donors (Lipinski definition) is 1. The van der Waals surface area contributed by atoms with Gasteiger partial charge >= 0.3 is 0 Å². The van der Waals surface area contributed by atoms with Crippen molar-refractivity contribution >= 4 is 11.6 Å². The van der Waals surface area contributed by atoms with Crippen LogP contribution in [0.2, 0.25) is 5.02 Å². The Balaban J connectivity index is 0.000000360. The smallest absolute Gasteiger partial charge is 0.213 e. The Hall–Kier alpha value is -0.152. The summed E-state index contributed by atoms with van der Waals surface area (Å²) in [5.74, 6) is 0.457. The molecule has 0 aromatic carbocycles. The van der Waals surface area contributed by atoms with Crippen LogP contribution in [0.3, 0.4) is 0 Å². The number of aliphatic hydroxyl groups is 1. The molecule has 17 heavy (non-hydrogen) atoms. The van der Waals surface area contributed by atoms with Gasteiger partial charge in [0.2, 0.25) is 5.88 Å². The van der Waals surface area contributed by atoms with Crippen LogP contribution >= 0.6 is 11.6 Å². The van der Waals surface area contributed by atoms with Gasteiger partial charge in [-0.05, 0) is 0 Å². The Morgan fingerprint density at radius 2 is 2.12 bits per heavy atom. The van der Waals surface area contributed by atoms with E-state index in [1.165, 1.54) is 26.1 Å². The van der Waals surface area contributed by atoms with E-state index in [4.69, 9.17) is 21.4 Å². The average Bonchev–Trinajstić information content (AvgIpc) is 2.88. The van der Waals surface area contributed by atoms with Gasteiger partial charge in [-0.25, -0.2) is 4.98 Å². The molecule has 0 atom stereocenters. The largest absolute Gasteiger partial charge is 0.662 e. The van der Waals surface area contributed by atoms with E-state index in [-0.39, 0.29) is 27.7 Å². The Labute approximate surface area is 121 Å². The van der Waals surface area contributed by atoms with E-state index < -0.39 is 0 Å². The van der Waals surface area contributed by atoms with Gasteiger partial charge in [0, 0.05) is 38.9 Å². The van der Waals surface area contributed by atoms with E-state index >= 15 is 0 Å². The Morgan fingerprint density at radius 3 is 2.53 bits per heavy atom. The maximum absolute atomic E-state index is 8.77. The van der Waals surface area contributed by atoms with E-state index in [0.29, 0.717) is 16.5 Å². The molecule has 2 rings (SSSR count). The zero-order valence-electron chi connectivity index (χ0n) is 9.73. The van der Waals surface area contributed by atoms with E-state index in [9.17, 15) is 0 Å². The van der Waals surface area contributed by atoms with Crippen molar-refractivity contribution in [1.29, 1.82) is 0 Å². The fourth-order valence-corrected chi connectivity index (χ4v) is 1.41. The van der Waals surface area contributed by atoms with E-state index in [2.05, 4.69) is 10.3 Å². The first kappa shape index (κ1) is 16.8. The summed E-state index contributed by atoms with van der Waals surface area (Å²) in [4.78, 5) is 3.84. The van der Waals surface area contributed by atoms with Crippen LogP contribution in [0, 0.1) is 0 Å². The van der Waals surface area contributed by atoms with E-state index in [0.717, 1.165) is 13.1 Å². The Kier molecular flexibility index (Phi) is 9.75. The Bertz CT molecular complexity index is 315. The van der Waals surface area contributed by atoms with Gasteiger partial charge in [-0.15, -0.1) is 13.1 Å². The van der Waals surface area contributed by atoms with Crippen LogP contribution in [0.4, 0.5) is 0 Å². The van der Waals surface area contributed by atoms with Crippen LogP contribution in [-0.4, -0.2) is 30.3 Å². The van der Waals surface area contributed by atoms with Crippen LogP contribution < -0.4 is 4.74 Å². The molecule has 1 aliphatic rings. The molecule has 0 aliphatic carbocycles. The molecule has 1 aromatic heterocycles. The summed E-state index contributed by atoms with van der Waals surface area (Å²) in [5, 5.41) is 13.3. The maximum atomic E-state index is 8.77. The zero-order valence-corrected chi connectivity index (χ0v) is 13.4. The quantitative estimate of drug-likeness (QED) is 0.789. The van der Waals surface area contributed by atoms with Gasteiger partial charge in [-0.3, -0.25) is 0 Å². The average molecular weight is 428 g/mol. The minimum absolute atomic E-state index is 0. The summed E-state index contributed by atoms with van der Waals surface area (Å²) in [6.45, 7) is 2.15. The van der Waals surface area contributed by atoms with Gasteiger partial charge in [-0.2, -0.15) is 0 Å². The summed E-state index contributed by atoms with van der Waals surface area (Å²) in [5.41, 5.74) is 0.624. The Morgan fingerprint density at radius 1 is 1.47 bits per heavy atom. The van der Waals surface area contributed by atoms with Crippen molar-refractivity contribution in [3.63, 3.8) is 0 Å². The monoisotopic (exact) mass is 427 g/mol. The molecular formula is C11H16ClN2O2W-. The molecule has 2 heterocycles. The van der Waals surface area contributed by atoms with Gasteiger partial charge in [-0.1, -0.05) is 24.4 Å². The number of aliphatic hydroxyl groups excluding tert-OH is 1. The second-order valence-electron chi connectivity index (χ2n) is 3.35. The van der Waals surface area contributed by atoms with Gasteiger partial charge in [0.15, 0.2) is 0 Å². The van der Waals surface area contributed by atoms with Crippen molar-refractivity contribution in [3.05, 3.63) is 28.2 Å². The van der Waals surface area contributed by atoms with Crippen LogP contribution in [0.25, 0.3) is 5.32 Å². The summed E-state index contributed by atoms with van der Waals surface area (Å²) in [6.07, 6.45) is 4.12. The number of aromatic nitrogens is 1. The molecule has 96 valence electrons. The van der Waals surface area contributed by atoms with Crippen molar-refractivity contribution < 1.29 is 30.9 Å². The minimum atomic E-state index is -0.0995. The van der Waals surface area contributed by atoms with Crippen LogP contribution in [0.15, 0.2) is 12.3 Å². The second kappa shape index (κ2) is 9.84. The fourth-order valence-electron chi connectivity index (χ4n) is 1.25. The topological polar surface area (TPSA) is 56.5 Å². The number of rotatable bonds is 2. The number of halogens is 1. The molecule has 1 N–H and O–H groups in total. The van der Waals surface area contributed by atoms with E-state index in [1.807, 2.05) is 0 Å². The third kappa shape index (κ3) is 6.37. The third-order valence-electron chi connectivity index (χ3n) is 2.17.